The predicted octanol–water partition coefficient (Wildman–Crippen LogP) is 2.98. The summed E-state index contributed by atoms with van der Waals surface area (Å²) in [7, 11) is 1.89. The third-order valence-electron chi connectivity index (χ3n) is 5.78. The molecule has 5 nitrogen and oxygen atoms in total. The summed E-state index contributed by atoms with van der Waals surface area (Å²) in [4.78, 5) is 0. The minimum atomic E-state index is 0.0849. The predicted molar refractivity (Wildman–Crippen MR) is 78.4 cm³/mol. The van der Waals surface area contributed by atoms with E-state index in [2.05, 4.69) is 41.6 Å². The molecule has 4 atom stereocenters. The van der Waals surface area contributed by atoms with Gasteiger partial charge in [0.25, 0.3) is 0 Å². The lowest BCUT2D eigenvalue weighted by atomic mass is 9.68. The third kappa shape index (κ3) is 1.94. The van der Waals surface area contributed by atoms with Gasteiger partial charge < -0.3 is 15.1 Å². The maximum absolute atomic E-state index is 5.75. The highest BCUT2D eigenvalue weighted by Gasteiger charge is 2.59. The van der Waals surface area contributed by atoms with Crippen molar-refractivity contribution in [1.29, 1.82) is 0 Å². The second-order valence-electron chi connectivity index (χ2n) is 7.45. The SMILES string of the molecule is CNC(C)c1nnc(NC2C3(C)CCC(C3)C2(C)C)o1. The first-order valence-corrected chi connectivity index (χ1v) is 7.64. The molecule has 0 aromatic carbocycles. The molecule has 4 unspecified atom stereocenters. The Morgan fingerprint density at radius 2 is 2.05 bits per heavy atom. The molecule has 3 rings (SSSR count). The highest BCUT2D eigenvalue weighted by molar-refractivity contribution is 5.28. The van der Waals surface area contributed by atoms with Crippen LogP contribution in [0.25, 0.3) is 0 Å². The van der Waals surface area contributed by atoms with Crippen molar-refractivity contribution in [3.8, 4) is 0 Å². The zero-order chi connectivity index (χ0) is 14.5. The van der Waals surface area contributed by atoms with E-state index in [4.69, 9.17) is 4.42 Å². The fourth-order valence-corrected chi connectivity index (χ4v) is 4.38. The second kappa shape index (κ2) is 4.45. The molecule has 2 aliphatic carbocycles. The van der Waals surface area contributed by atoms with Crippen LogP contribution >= 0.6 is 0 Å². The van der Waals surface area contributed by atoms with Gasteiger partial charge in [0, 0.05) is 6.04 Å². The van der Waals surface area contributed by atoms with Crippen LogP contribution in [0.5, 0.6) is 0 Å². The molecule has 2 aliphatic rings. The van der Waals surface area contributed by atoms with Gasteiger partial charge in [0.15, 0.2) is 0 Å². The van der Waals surface area contributed by atoms with Crippen molar-refractivity contribution in [3.05, 3.63) is 5.89 Å². The summed E-state index contributed by atoms with van der Waals surface area (Å²) >= 11 is 0. The third-order valence-corrected chi connectivity index (χ3v) is 5.78. The molecule has 2 N–H and O–H groups in total. The fraction of sp³-hybridized carbons (Fsp3) is 0.867. The van der Waals surface area contributed by atoms with Crippen LogP contribution in [0.1, 0.15) is 58.9 Å². The van der Waals surface area contributed by atoms with Crippen molar-refractivity contribution in [2.24, 2.45) is 16.7 Å². The van der Waals surface area contributed by atoms with E-state index in [1.54, 1.807) is 0 Å². The lowest BCUT2D eigenvalue weighted by Crippen LogP contribution is -2.45. The summed E-state index contributed by atoms with van der Waals surface area (Å²) < 4.78 is 5.75. The number of hydrogen-bond donors (Lipinski definition) is 2. The zero-order valence-electron chi connectivity index (χ0n) is 13.2. The minimum absolute atomic E-state index is 0.0849. The number of nitrogens with zero attached hydrogens (tertiary/aromatic N) is 2. The first-order chi connectivity index (χ1) is 9.37. The maximum Gasteiger partial charge on any atom is 0.315 e. The van der Waals surface area contributed by atoms with Crippen molar-refractivity contribution in [2.75, 3.05) is 12.4 Å². The standard InChI is InChI=1S/C15H26N4O/c1-9(16-5)11-18-19-13(20-11)17-12-14(2,3)10-6-7-15(12,4)8-10/h9-10,12,16H,6-8H2,1-5H3,(H,17,19). The van der Waals surface area contributed by atoms with E-state index < -0.39 is 0 Å². The van der Waals surface area contributed by atoms with Crippen LogP contribution in [0.2, 0.25) is 0 Å². The molecule has 20 heavy (non-hydrogen) atoms. The van der Waals surface area contributed by atoms with Crippen molar-refractivity contribution >= 4 is 6.01 Å². The molecule has 1 heterocycles. The lowest BCUT2D eigenvalue weighted by molar-refractivity contribution is 0.153. The largest absolute Gasteiger partial charge is 0.406 e. The van der Waals surface area contributed by atoms with Crippen LogP contribution < -0.4 is 10.6 Å². The molecule has 2 fully saturated rings. The smallest absolute Gasteiger partial charge is 0.315 e. The maximum atomic E-state index is 5.75. The molecule has 0 radical (unpaired) electrons. The summed E-state index contributed by atoms with van der Waals surface area (Å²) in [5, 5.41) is 14.9. The highest BCUT2D eigenvalue weighted by atomic mass is 16.4. The van der Waals surface area contributed by atoms with Crippen LogP contribution in [0.4, 0.5) is 6.01 Å². The molecule has 0 spiro atoms. The molecule has 2 saturated carbocycles. The average molecular weight is 278 g/mol. The van der Waals surface area contributed by atoms with E-state index in [1.165, 1.54) is 19.3 Å². The number of anilines is 1. The summed E-state index contributed by atoms with van der Waals surface area (Å²) in [6.45, 7) is 9.15. The molecule has 0 saturated heterocycles. The van der Waals surface area contributed by atoms with E-state index in [1.807, 2.05) is 14.0 Å². The number of rotatable bonds is 4. The van der Waals surface area contributed by atoms with Gasteiger partial charge in [-0.3, -0.25) is 0 Å². The zero-order valence-corrected chi connectivity index (χ0v) is 13.2. The summed E-state index contributed by atoms with van der Waals surface area (Å²) in [6, 6.07) is 1.06. The normalized spacial score (nSPS) is 36.2. The Bertz CT molecular complexity index is 493. The fourth-order valence-electron chi connectivity index (χ4n) is 4.38. The Morgan fingerprint density at radius 1 is 1.30 bits per heavy atom. The van der Waals surface area contributed by atoms with E-state index in [0.717, 1.165) is 5.92 Å². The van der Waals surface area contributed by atoms with Gasteiger partial charge >= 0.3 is 6.01 Å². The van der Waals surface area contributed by atoms with Crippen molar-refractivity contribution < 1.29 is 4.42 Å². The van der Waals surface area contributed by atoms with Gasteiger partial charge in [-0.2, -0.15) is 0 Å². The molecule has 5 heteroatoms. The molecule has 1 aromatic rings. The summed E-state index contributed by atoms with van der Waals surface area (Å²) in [6.07, 6.45) is 3.96. The lowest BCUT2D eigenvalue weighted by Gasteiger charge is -2.42. The molecular weight excluding hydrogens is 252 g/mol. The Hall–Kier alpha value is -1.10. The van der Waals surface area contributed by atoms with E-state index >= 15 is 0 Å². The molecule has 2 bridgehead atoms. The van der Waals surface area contributed by atoms with Gasteiger partial charge in [-0.05, 0) is 50.0 Å². The van der Waals surface area contributed by atoms with E-state index in [-0.39, 0.29) is 11.5 Å². The van der Waals surface area contributed by atoms with E-state index in [9.17, 15) is 0 Å². The Labute approximate surface area is 120 Å². The van der Waals surface area contributed by atoms with Crippen LogP contribution in [-0.4, -0.2) is 23.3 Å². The Balaban J connectivity index is 1.79. The van der Waals surface area contributed by atoms with Crippen LogP contribution in [-0.2, 0) is 0 Å². The van der Waals surface area contributed by atoms with Gasteiger partial charge in [-0.1, -0.05) is 25.9 Å². The average Bonchev–Trinajstić information content (AvgIpc) is 3.05. The number of hydrogen-bond acceptors (Lipinski definition) is 5. The van der Waals surface area contributed by atoms with Gasteiger partial charge in [0.1, 0.15) is 0 Å². The first-order valence-electron chi connectivity index (χ1n) is 7.64. The summed E-state index contributed by atoms with van der Waals surface area (Å²) in [5.74, 6) is 1.45. The number of nitrogens with one attached hydrogen (secondary N) is 2. The monoisotopic (exact) mass is 278 g/mol. The van der Waals surface area contributed by atoms with E-state index in [0.29, 0.717) is 23.4 Å². The van der Waals surface area contributed by atoms with Crippen LogP contribution in [0.15, 0.2) is 4.42 Å². The van der Waals surface area contributed by atoms with Gasteiger partial charge in [-0.25, -0.2) is 0 Å². The first kappa shape index (κ1) is 13.9. The Kier molecular flexibility index (Phi) is 3.08. The van der Waals surface area contributed by atoms with Gasteiger partial charge in [0.2, 0.25) is 5.89 Å². The summed E-state index contributed by atoms with van der Waals surface area (Å²) in [5.41, 5.74) is 0.647. The quantitative estimate of drug-likeness (QED) is 0.886. The van der Waals surface area contributed by atoms with Crippen LogP contribution in [0.3, 0.4) is 0 Å². The second-order valence-corrected chi connectivity index (χ2v) is 7.45. The van der Waals surface area contributed by atoms with Crippen molar-refractivity contribution in [1.82, 2.24) is 15.5 Å². The molecule has 112 valence electrons. The van der Waals surface area contributed by atoms with Gasteiger partial charge in [0.05, 0.1) is 6.04 Å². The number of fused-ring (bicyclic) bond motifs is 2. The Morgan fingerprint density at radius 3 is 2.65 bits per heavy atom. The minimum Gasteiger partial charge on any atom is -0.406 e. The van der Waals surface area contributed by atoms with Crippen LogP contribution in [0, 0.1) is 16.7 Å². The molecule has 0 aliphatic heterocycles. The molecular formula is C15H26N4O. The topological polar surface area (TPSA) is 63.0 Å². The molecule has 0 amide bonds. The number of aromatic nitrogens is 2. The van der Waals surface area contributed by atoms with Crippen molar-refractivity contribution in [3.63, 3.8) is 0 Å². The van der Waals surface area contributed by atoms with Gasteiger partial charge in [-0.15, -0.1) is 5.10 Å². The van der Waals surface area contributed by atoms with Crippen molar-refractivity contribution in [2.45, 2.75) is 59.0 Å². The molecule has 1 aromatic heterocycles. The highest BCUT2D eigenvalue weighted by Crippen LogP contribution is 2.63.